The van der Waals surface area contributed by atoms with Crippen LogP contribution in [0.3, 0.4) is 0 Å². The summed E-state index contributed by atoms with van der Waals surface area (Å²) in [6.45, 7) is 7.12. The lowest BCUT2D eigenvalue weighted by atomic mass is 9.83. The van der Waals surface area contributed by atoms with Gasteiger partial charge >= 0.3 is 0 Å². The average Bonchev–Trinajstić information content (AvgIpc) is 2.73. The summed E-state index contributed by atoms with van der Waals surface area (Å²) in [5.74, 6) is 0.966. The normalized spacial score (nSPS) is 34.7. The summed E-state index contributed by atoms with van der Waals surface area (Å²) in [5, 5.41) is 9.51. The topological polar surface area (TPSA) is 23.5 Å². The highest BCUT2D eigenvalue weighted by Crippen LogP contribution is 2.38. The van der Waals surface area contributed by atoms with E-state index in [-0.39, 0.29) is 5.41 Å². The predicted octanol–water partition coefficient (Wildman–Crippen LogP) is 2.66. The monoisotopic (exact) mass is 225 g/mol. The van der Waals surface area contributed by atoms with E-state index in [0.717, 1.165) is 24.9 Å². The van der Waals surface area contributed by atoms with E-state index in [1.807, 2.05) is 0 Å². The van der Waals surface area contributed by atoms with Crippen LogP contribution in [0.1, 0.15) is 52.4 Å². The standard InChI is InChI=1S/C14H27NO/c1-3-14(2,11-16)10-15-9-8-12-6-4-5-7-13(12)15/h12-13,16H,3-11H2,1-2H3. The van der Waals surface area contributed by atoms with Crippen molar-refractivity contribution in [2.24, 2.45) is 11.3 Å². The quantitative estimate of drug-likeness (QED) is 0.795. The Labute approximate surface area is 100 Å². The molecular formula is C14H27NO. The van der Waals surface area contributed by atoms with Crippen LogP contribution in [-0.2, 0) is 0 Å². The van der Waals surface area contributed by atoms with Crippen molar-refractivity contribution in [2.45, 2.75) is 58.4 Å². The molecule has 1 aliphatic heterocycles. The van der Waals surface area contributed by atoms with E-state index in [9.17, 15) is 5.11 Å². The molecule has 1 saturated heterocycles. The first-order valence-corrected chi connectivity index (χ1v) is 7.03. The number of aliphatic hydroxyl groups excluding tert-OH is 1. The fraction of sp³-hybridized carbons (Fsp3) is 1.00. The third-order valence-electron chi connectivity index (χ3n) is 4.95. The molecule has 2 aliphatic rings. The van der Waals surface area contributed by atoms with E-state index in [0.29, 0.717) is 6.61 Å². The van der Waals surface area contributed by atoms with Crippen LogP contribution in [0.4, 0.5) is 0 Å². The molecule has 1 N–H and O–H groups in total. The zero-order valence-corrected chi connectivity index (χ0v) is 10.9. The minimum absolute atomic E-state index is 0.117. The third kappa shape index (κ3) is 2.43. The molecular weight excluding hydrogens is 198 g/mol. The molecule has 0 spiro atoms. The molecule has 0 aromatic rings. The maximum atomic E-state index is 9.51. The summed E-state index contributed by atoms with van der Waals surface area (Å²) in [7, 11) is 0. The smallest absolute Gasteiger partial charge is 0.0496 e. The highest BCUT2D eigenvalue weighted by molar-refractivity contribution is 4.92. The van der Waals surface area contributed by atoms with Crippen molar-refractivity contribution in [3.05, 3.63) is 0 Å². The number of nitrogens with zero attached hydrogens (tertiary/aromatic N) is 1. The summed E-state index contributed by atoms with van der Waals surface area (Å²) in [4.78, 5) is 2.67. The minimum atomic E-state index is 0.117. The first-order valence-electron chi connectivity index (χ1n) is 7.03. The summed E-state index contributed by atoms with van der Waals surface area (Å²) in [5.41, 5.74) is 0.117. The van der Waals surface area contributed by atoms with Crippen LogP contribution < -0.4 is 0 Å². The Bertz CT molecular complexity index is 225. The van der Waals surface area contributed by atoms with Gasteiger partial charge in [0.2, 0.25) is 0 Å². The van der Waals surface area contributed by atoms with E-state index in [4.69, 9.17) is 0 Å². The molecule has 0 aromatic carbocycles. The fourth-order valence-corrected chi connectivity index (χ4v) is 3.46. The molecule has 0 bridgehead atoms. The Morgan fingerprint density at radius 3 is 2.69 bits per heavy atom. The maximum Gasteiger partial charge on any atom is 0.0496 e. The van der Waals surface area contributed by atoms with Gasteiger partial charge in [-0.1, -0.05) is 26.7 Å². The molecule has 16 heavy (non-hydrogen) atoms. The van der Waals surface area contributed by atoms with E-state index in [1.165, 1.54) is 38.6 Å². The zero-order chi connectivity index (χ0) is 11.6. The lowest BCUT2D eigenvalue weighted by Crippen LogP contribution is -2.42. The van der Waals surface area contributed by atoms with Gasteiger partial charge in [-0.15, -0.1) is 0 Å². The number of fused-ring (bicyclic) bond motifs is 1. The van der Waals surface area contributed by atoms with Gasteiger partial charge in [0, 0.05) is 24.6 Å². The lowest BCUT2D eigenvalue weighted by molar-refractivity contribution is 0.0663. The first-order chi connectivity index (χ1) is 7.68. The molecule has 0 radical (unpaired) electrons. The van der Waals surface area contributed by atoms with Crippen molar-refractivity contribution >= 4 is 0 Å². The van der Waals surface area contributed by atoms with Crippen LogP contribution in [0.5, 0.6) is 0 Å². The van der Waals surface area contributed by atoms with Gasteiger partial charge in [0.1, 0.15) is 0 Å². The molecule has 3 unspecified atom stereocenters. The van der Waals surface area contributed by atoms with Gasteiger partial charge in [-0.25, -0.2) is 0 Å². The van der Waals surface area contributed by atoms with Crippen LogP contribution in [0.25, 0.3) is 0 Å². The predicted molar refractivity (Wildman–Crippen MR) is 67.4 cm³/mol. The Hall–Kier alpha value is -0.0800. The number of aliphatic hydroxyl groups is 1. The second-order valence-electron chi connectivity index (χ2n) is 6.19. The minimum Gasteiger partial charge on any atom is -0.396 e. The van der Waals surface area contributed by atoms with Gasteiger partial charge < -0.3 is 5.11 Å². The number of hydrogen-bond acceptors (Lipinski definition) is 2. The molecule has 2 heteroatoms. The van der Waals surface area contributed by atoms with Gasteiger partial charge in [0.15, 0.2) is 0 Å². The Morgan fingerprint density at radius 1 is 1.25 bits per heavy atom. The van der Waals surface area contributed by atoms with Crippen LogP contribution in [0.2, 0.25) is 0 Å². The molecule has 0 aromatic heterocycles. The van der Waals surface area contributed by atoms with E-state index < -0.39 is 0 Å². The second kappa shape index (κ2) is 5.05. The van der Waals surface area contributed by atoms with Crippen LogP contribution in [0, 0.1) is 11.3 Å². The molecule has 1 aliphatic carbocycles. The summed E-state index contributed by atoms with van der Waals surface area (Å²) >= 11 is 0. The number of likely N-dealkylation sites (tertiary alicyclic amines) is 1. The van der Waals surface area contributed by atoms with Crippen molar-refractivity contribution in [3.63, 3.8) is 0 Å². The Kier molecular flexibility index (Phi) is 3.91. The number of hydrogen-bond donors (Lipinski definition) is 1. The fourth-order valence-electron chi connectivity index (χ4n) is 3.46. The van der Waals surface area contributed by atoms with Crippen LogP contribution in [0.15, 0.2) is 0 Å². The Balaban J connectivity index is 1.95. The molecule has 2 fully saturated rings. The first kappa shape index (κ1) is 12.4. The van der Waals surface area contributed by atoms with E-state index in [1.54, 1.807) is 0 Å². The molecule has 3 atom stereocenters. The van der Waals surface area contributed by atoms with E-state index >= 15 is 0 Å². The van der Waals surface area contributed by atoms with Gasteiger partial charge in [-0.05, 0) is 38.1 Å². The molecule has 2 nitrogen and oxygen atoms in total. The van der Waals surface area contributed by atoms with Gasteiger partial charge in [-0.2, -0.15) is 0 Å². The molecule has 1 saturated carbocycles. The molecule has 0 amide bonds. The second-order valence-corrected chi connectivity index (χ2v) is 6.19. The molecule has 94 valence electrons. The van der Waals surface area contributed by atoms with Gasteiger partial charge in [0.25, 0.3) is 0 Å². The van der Waals surface area contributed by atoms with Crippen molar-refractivity contribution in [3.8, 4) is 0 Å². The Morgan fingerprint density at radius 2 is 2.00 bits per heavy atom. The van der Waals surface area contributed by atoms with Crippen LogP contribution in [-0.4, -0.2) is 35.7 Å². The maximum absolute atomic E-state index is 9.51. The van der Waals surface area contributed by atoms with E-state index in [2.05, 4.69) is 18.7 Å². The van der Waals surface area contributed by atoms with Gasteiger partial charge in [-0.3, -0.25) is 4.90 Å². The summed E-state index contributed by atoms with van der Waals surface area (Å²) < 4.78 is 0. The molecule has 1 heterocycles. The summed E-state index contributed by atoms with van der Waals surface area (Å²) in [6.07, 6.45) is 8.19. The lowest BCUT2D eigenvalue weighted by Gasteiger charge is -2.37. The van der Waals surface area contributed by atoms with Crippen molar-refractivity contribution in [2.75, 3.05) is 19.7 Å². The van der Waals surface area contributed by atoms with Crippen molar-refractivity contribution < 1.29 is 5.11 Å². The average molecular weight is 225 g/mol. The van der Waals surface area contributed by atoms with Gasteiger partial charge in [0.05, 0.1) is 0 Å². The SMILES string of the molecule is CCC(C)(CO)CN1CCC2CCCCC21. The highest BCUT2D eigenvalue weighted by Gasteiger charge is 2.38. The third-order valence-corrected chi connectivity index (χ3v) is 4.95. The summed E-state index contributed by atoms with van der Waals surface area (Å²) in [6, 6.07) is 0.839. The van der Waals surface area contributed by atoms with Crippen molar-refractivity contribution in [1.29, 1.82) is 0 Å². The zero-order valence-electron chi connectivity index (χ0n) is 10.9. The highest BCUT2D eigenvalue weighted by atomic mass is 16.3. The van der Waals surface area contributed by atoms with Crippen LogP contribution >= 0.6 is 0 Å². The molecule has 2 rings (SSSR count). The number of rotatable bonds is 4. The van der Waals surface area contributed by atoms with Crippen molar-refractivity contribution in [1.82, 2.24) is 4.90 Å². The largest absolute Gasteiger partial charge is 0.396 e.